The molecular weight excluding hydrogens is 198 g/mol. The van der Waals surface area contributed by atoms with Crippen molar-refractivity contribution in [2.75, 3.05) is 0 Å². The van der Waals surface area contributed by atoms with Gasteiger partial charge in [-0.25, -0.2) is 0 Å². The number of halogens is 1. The molecule has 1 rings (SSSR count). The van der Waals surface area contributed by atoms with Crippen LogP contribution in [0.5, 0.6) is 5.75 Å². The van der Waals surface area contributed by atoms with E-state index in [9.17, 15) is 0 Å². The lowest BCUT2D eigenvalue weighted by molar-refractivity contribution is 0.279. The molecule has 1 aromatic carbocycles. The first-order valence-corrected chi connectivity index (χ1v) is 4.37. The summed E-state index contributed by atoms with van der Waals surface area (Å²) in [5, 5.41) is 8.99. The van der Waals surface area contributed by atoms with Gasteiger partial charge in [-0.15, -0.1) is 6.42 Å². The summed E-state index contributed by atoms with van der Waals surface area (Å²) < 4.78 is 5.32. The Kier molecular flexibility index (Phi) is 3.40. The highest BCUT2D eigenvalue weighted by molar-refractivity contribution is 6.32. The highest BCUT2D eigenvalue weighted by Crippen LogP contribution is 2.25. The monoisotopic (exact) mass is 205 g/mol. The molecular formula is C11H8ClNO. The van der Waals surface area contributed by atoms with Gasteiger partial charge in [0.2, 0.25) is 0 Å². The van der Waals surface area contributed by atoms with Gasteiger partial charge in [-0.1, -0.05) is 17.5 Å². The van der Waals surface area contributed by atoms with Crippen molar-refractivity contribution in [1.29, 1.82) is 5.26 Å². The SMILES string of the molecule is C#CC(C)Oc1ccc(C#N)cc1Cl. The van der Waals surface area contributed by atoms with Gasteiger partial charge >= 0.3 is 0 Å². The normalized spacial score (nSPS) is 11.1. The summed E-state index contributed by atoms with van der Waals surface area (Å²) >= 11 is 5.86. The Balaban J connectivity index is 2.92. The van der Waals surface area contributed by atoms with Crippen molar-refractivity contribution < 1.29 is 4.74 Å². The number of benzene rings is 1. The molecule has 0 aliphatic rings. The molecule has 2 nitrogen and oxygen atoms in total. The molecule has 0 aliphatic heterocycles. The van der Waals surface area contributed by atoms with Crippen LogP contribution in [0.2, 0.25) is 5.02 Å². The zero-order chi connectivity index (χ0) is 10.6. The lowest BCUT2D eigenvalue weighted by atomic mass is 10.2. The number of nitrogens with zero attached hydrogens (tertiary/aromatic N) is 1. The molecule has 0 radical (unpaired) electrons. The third-order valence-electron chi connectivity index (χ3n) is 1.60. The van der Waals surface area contributed by atoms with E-state index in [-0.39, 0.29) is 6.10 Å². The van der Waals surface area contributed by atoms with Crippen molar-refractivity contribution in [3.8, 4) is 24.2 Å². The van der Waals surface area contributed by atoms with Crippen LogP contribution in [-0.4, -0.2) is 6.10 Å². The average Bonchev–Trinajstić information content (AvgIpc) is 2.20. The summed E-state index contributed by atoms with van der Waals surface area (Å²) in [4.78, 5) is 0. The minimum atomic E-state index is -0.333. The van der Waals surface area contributed by atoms with Crippen molar-refractivity contribution in [3.63, 3.8) is 0 Å². The maximum absolute atomic E-state index is 8.60. The van der Waals surface area contributed by atoms with E-state index in [1.165, 1.54) is 0 Å². The first kappa shape index (κ1) is 10.4. The van der Waals surface area contributed by atoms with E-state index in [1.807, 2.05) is 6.07 Å². The maximum atomic E-state index is 8.60. The van der Waals surface area contributed by atoms with Crippen molar-refractivity contribution in [2.45, 2.75) is 13.0 Å². The number of nitriles is 1. The molecule has 1 unspecified atom stereocenters. The van der Waals surface area contributed by atoms with Crippen molar-refractivity contribution in [2.24, 2.45) is 0 Å². The van der Waals surface area contributed by atoms with Gasteiger partial charge in [0.1, 0.15) is 5.75 Å². The lowest BCUT2D eigenvalue weighted by Gasteiger charge is -2.10. The van der Waals surface area contributed by atoms with Crippen LogP contribution in [0.1, 0.15) is 12.5 Å². The van der Waals surface area contributed by atoms with Gasteiger partial charge in [-0.3, -0.25) is 0 Å². The van der Waals surface area contributed by atoms with Gasteiger partial charge in [-0.05, 0) is 25.1 Å². The highest BCUT2D eigenvalue weighted by Gasteiger charge is 2.05. The van der Waals surface area contributed by atoms with Gasteiger partial charge in [0.15, 0.2) is 6.10 Å². The van der Waals surface area contributed by atoms with E-state index >= 15 is 0 Å². The Labute approximate surface area is 88.1 Å². The second kappa shape index (κ2) is 4.56. The minimum Gasteiger partial charge on any atom is -0.477 e. The highest BCUT2D eigenvalue weighted by atomic mass is 35.5. The van der Waals surface area contributed by atoms with Crippen molar-refractivity contribution in [3.05, 3.63) is 28.8 Å². The molecule has 3 heteroatoms. The van der Waals surface area contributed by atoms with Crippen LogP contribution in [0.25, 0.3) is 0 Å². The quantitative estimate of drug-likeness (QED) is 0.696. The molecule has 0 spiro atoms. The second-order valence-electron chi connectivity index (χ2n) is 2.68. The summed E-state index contributed by atoms with van der Waals surface area (Å²) in [6.45, 7) is 1.74. The Morgan fingerprint density at radius 1 is 1.57 bits per heavy atom. The summed E-state index contributed by atoms with van der Waals surface area (Å²) in [7, 11) is 0. The molecule has 0 amide bonds. The molecule has 70 valence electrons. The summed E-state index contributed by atoms with van der Waals surface area (Å²) in [6, 6.07) is 6.79. The predicted molar refractivity (Wildman–Crippen MR) is 55.1 cm³/mol. The Bertz CT molecular complexity index is 414. The Hall–Kier alpha value is -1.64. The van der Waals surface area contributed by atoms with E-state index in [4.69, 9.17) is 28.0 Å². The van der Waals surface area contributed by atoms with Crippen molar-refractivity contribution in [1.82, 2.24) is 0 Å². The lowest BCUT2D eigenvalue weighted by Crippen LogP contribution is -2.08. The number of rotatable bonds is 2. The Morgan fingerprint density at radius 2 is 2.29 bits per heavy atom. The fourth-order valence-corrected chi connectivity index (χ4v) is 1.12. The maximum Gasteiger partial charge on any atom is 0.156 e. The van der Waals surface area contributed by atoms with Gasteiger partial charge < -0.3 is 4.74 Å². The van der Waals surface area contributed by atoms with Crippen LogP contribution in [0.3, 0.4) is 0 Å². The number of hydrogen-bond acceptors (Lipinski definition) is 2. The van der Waals surface area contributed by atoms with Gasteiger partial charge in [-0.2, -0.15) is 5.26 Å². The Morgan fingerprint density at radius 3 is 2.79 bits per heavy atom. The van der Waals surface area contributed by atoms with E-state index in [0.717, 1.165) is 0 Å². The second-order valence-corrected chi connectivity index (χ2v) is 3.09. The largest absolute Gasteiger partial charge is 0.477 e. The summed E-state index contributed by atoms with van der Waals surface area (Å²) in [6.07, 6.45) is 4.82. The molecule has 0 saturated heterocycles. The molecule has 14 heavy (non-hydrogen) atoms. The number of terminal acetylenes is 1. The third-order valence-corrected chi connectivity index (χ3v) is 1.89. The third kappa shape index (κ3) is 2.42. The van der Waals surface area contributed by atoms with Crippen LogP contribution in [0.15, 0.2) is 18.2 Å². The van der Waals surface area contributed by atoms with Crippen LogP contribution in [0.4, 0.5) is 0 Å². The standard InChI is InChI=1S/C11H8ClNO/c1-3-8(2)14-11-5-4-9(7-13)6-10(11)12/h1,4-6,8H,2H3. The minimum absolute atomic E-state index is 0.333. The molecule has 0 bridgehead atoms. The van der Waals surface area contributed by atoms with Crippen LogP contribution in [-0.2, 0) is 0 Å². The molecule has 0 aliphatic carbocycles. The van der Waals surface area contributed by atoms with Gasteiger partial charge in [0.25, 0.3) is 0 Å². The fraction of sp³-hybridized carbons (Fsp3) is 0.182. The van der Waals surface area contributed by atoms with E-state index in [0.29, 0.717) is 16.3 Å². The molecule has 1 atom stereocenters. The number of ether oxygens (including phenoxy) is 1. The van der Waals surface area contributed by atoms with Gasteiger partial charge in [0.05, 0.1) is 16.7 Å². The van der Waals surface area contributed by atoms with E-state index < -0.39 is 0 Å². The van der Waals surface area contributed by atoms with Crippen LogP contribution in [0, 0.1) is 23.7 Å². The first-order chi connectivity index (χ1) is 6.67. The zero-order valence-electron chi connectivity index (χ0n) is 7.62. The topological polar surface area (TPSA) is 33.0 Å². The molecule has 0 heterocycles. The smallest absolute Gasteiger partial charge is 0.156 e. The van der Waals surface area contributed by atoms with E-state index in [2.05, 4.69) is 5.92 Å². The predicted octanol–water partition coefficient (Wildman–Crippen LogP) is 2.61. The molecule has 0 N–H and O–H groups in total. The van der Waals surface area contributed by atoms with E-state index in [1.54, 1.807) is 25.1 Å². The molecule has 0 saturated carbocycles. The van der Waals surface area contributed by atoms with Gasteiger partial charge in [0, 0.05) is 0 Å². The number of hydrogen-bond donors (Lipinski definition) is 0. The van der Waals surface area contributed by atoms with Crippen LogP contribution < -0.4 is 4.74 Å². The van der Waals surface area contributed by atoms with Crippen molar-refractivity contribution >= 4 is 11.6 Å². The average molecular weight is 206 g/mol. The molecule has 0 fully saturated rings. The summed E-state index contributed by atoms with van der Waals surface area (Å²) in [5.41, 5.74) is 0.496. The summed E-state index contributed by atoms with van der Waals surface area (Å²) in [5.74, 6) is 2.92. The zero-order valence-corrected chi connectivity index (χ0v) is 8.38. The molecule has 1 aromatic rings. The fourth-order valence-electron chi connectivity index (χ4n) is 0.890. The first-order valence-electron chi connectivity index (χ1n) is 4.00. The van der Waals surface area contributed by atoms with Crippen LogP contribution >= 0.6 is 11.6 Å². The molecule has 0 aromatic heterocycles.